The first-order valence-electron chi connectivity index (χ1n) is 6.36. The topological polar surface area (TPSA) is 12.0 Å². The average Bonchev–Trinajstić information content (AvgIpc) is 2.26. The summed E-state index contributed by atoms with van der Waals surface area (Å²) in [7, 11) is 0. The number of benzene rings is 1. The third-order valence-corrected chi connectivity index (χ3v) is 3.27. The van der Waals surface area contributed by atoms with Gasteiger partial charge < -0.3 is 5.32 Å². The van der Waals surface area contributed by atoms with Crippen molar-refractivity contribution in [2.45, 2.75) is 40.2 Å². The minimum absolute atomic E-state index is 0.332. The van der Waals surface area contributed by atoms with Gasteiger partial charge in [-0.3, -0.25) is 0 Å². The molecule has 1 nitrogen and oxygen atoms in total. The summed E-state index contributed by atoms with van der Waals surface area (Å²) in [5.74, 6) is 0.765. The van der Waals surface area contributed by atoms with Crippen LogP contribution < -0.4 is 5.32 Å². The van der Waals surface area contributed by atoms with Crippen LogP contribution in [-0.2, 0) is 6.54 Å². The molecule has 0 aromatic heterocycles. The molecular weight excluding hydrogens is 230 g/mol. The van der Waals surface area contributed by atoms with Crippen molar-refractivity contribution in [3.63, 3.8) is 0 Å². The van der Waals surface area contributed by atoms with E-state index in [9.17, 15) is 0 Å². The molecule has 0 saturated carbocycles. The molecular formula is C15H24ClN. The third kappa shape index (κ3) is 6.09. The second-order valence-corrected chi connectivity index (χ2v) is 5.93. The van der Waals surface area contributed by atoms with E-state index in [-0.39, 0.29) is 0 Å². The first kappa shape index (κ1) is 14.5. The average molecular weight is 254 g/mol. The molecule has 17 heavy (non-hydrogen) atoms. The standard InChI is InChI=1S/C15H24ClN/c1-13-6-4-7-14(10-13)11-17-12-15(2,3)8-5-9-16/h4,6-7,10,17H,5,8-9,11-12H2,1-3H3. The highest BCUT2D eigenvalue weighted by atomic mass is 35.5. The fourth-order valence-electron chi connectivity index (χ4n) is 2.00. The Balaban J connectivity index is 2.32. The summed E-state index contributed by atoms with van der Waals surface area (Å²) in [6.07, 6.45) is 2.28. The van der Waals surface area contributed by atoms with Gasteiger partial charge in [-0.25, -0.2) is 0 Å². The molecule has 0 heterocycles. The molecule has 0 aliphatic carbocycles. The highest BCUT2D eigenvalue weighted by Gasteiger charge is 2.16. The van der Waals surface area contributed by atoms with Gasteiger partial charge in [0.1, 0.15) is 0 Å². The predicted octanol–water partition coefficient (Wildman–Crippen LogP) is 4.13. The number of halogens is 1. The molecule has 0 aliphatic heterocycles. The van der Waals surface area contributed by atoms with Crippen LogP contribution in [-0.4, -0.2) is 12.4 Å². The lowest BCUT2D eigenvalue weighted by atomic mass is 9.88. The molecule has 0 fully saturated rings. The Hall–Kier alpha value is -0.530. The monoisotopic (exact) mass is 253 g/mol. The molecule has 0 bridgehead atoms. The van der Waals surface area contributed by atoms with Gasteiger partial charge in [0.2, 0.25) is 0 Å². The van der Waals surface area contributed by atoms with Crippen LogP contribution >= 0.6 is 11.6 Å². The summed E-state index contributed by atoms with van der Waals surface area (Å²) < 4.78 is 0. The summed E-state index contributed by atoms with van der Waals surface area (Å²) >= 11 is 5.73. The maximum absolute atomic E-state index is 5.73. The van der Waals surface area contributed by atoms with Crippen molar-refractivity contribution >= 4 is 11.6 Å². The summed E-state index contributed by atoms with van der Waals surface area (Å²) in [5, 5.41) is 3.53. The minimum Gasteiger partial charge on any atom is -0.312 e. The molecule has 0 saturated heterocycles. The Kier molecular flexibility index (Phi) is 6.01. The van der Waals surface area contributed by atoms with E-state index < -0.39 is 0 Å². The molecule has 1 aromatic rings. The quantitative estimate of drug-likeness (QED) is 0.721. The summed E-state index contributed by atoms with van der Waals surface area (Å²) in [6, 6.07) is 8.66. The van der Waals surface area contributed by atoms with Gasteiger partial charge in [-0.05, 0) is 30.7 Å². The van der Waals surface area contributed by atoms with Crippen LogP contribution in [0.5, 0.6) is 0 Å². The van der Waals surface area contributed by atoms with Crippen LogP contribution in [0, 0.1) is 12.3 Å². The highest BCUT2D eigenvalue weighted by Crippen LogP contribution is 2.21. The third-order valence-electron chi connectivity index (χ3n) is 3.00. The molecule has 0 spiro atoms. The fraction of sp³-hybridized carbons (Fsp3) is 0.600. The first-order chi connectivity index (χ1) is 8.03. The van der Waals surface area contributed by atoms with Gasteiger partial charge in [0.25, 0.3) is 0 Å². The van der Waals surface area contributed by atoms with E-state index in [4.69, 9.17) is 11.6 Å². The zero-order chi connectivity index (χ0) is 12.7. The van der Waals surface area contributed by atoms with Crippen molar-refractivity contribution in [1.82, 2.24) is 5.32 Å². The van der Waals surface area contributed by atoms with E-state index >= 15 is 0 Å². The van der Waals surface area contributed by atoms with Crippen LogP contribution in [0.3, 0.4) is 0 Å². The van der Waals surface area contributed by atoms with Crippen molar-refractivity contribution in [3.05, 3.63) is 35.4 Å². The lowest BCUT2D eigenvalue weighted by Gasteiger charge is -2.24. The van der Waals surface area contributed by atoms with Crippen LogP contribution in [0.2, 0.25) is 0 Å². The van der Waals surface area contributed by atoms with E-state index in [0.29, 0.717) is 5.41 Å². The van der Waals surface area contributed by atoms with Gasteiger partial charge in [-0.2, -0.15) is 0 Å². The van der Waals surface area contributed by atoms with Gasteiger partial charge in [-0.15, -0.1) is 11.6 Å². The van der Waals surface area contributed by atoms with Gasteiger partial charge in [0.15, 0.2) is 0 Å². The maximum Gasteiger partial charge on any atom is 0.0223 e. The summed E-state index contributed by atoms with van der Waals surface area (Å²) in [6.45, 7) is 8.71. The van der Waals surface area contributed by atoms with E-state index in [1.165, 1.54) is 17.5 Å². The Morgan fingerprint density at radius 2 is 2.06 bits per heavy atom. The van der Waals surface area contributed by atoms with Crippen molar-refractivity contribution in [3.8, 4) is 0 Å². The van der Waals surface area contributed by atoms with Gasteiger partial charge in [0, 0.05) is 19.0 Å². The number of alkyl halides is 1. The molecule has 0 unspecified atom stereocenters. The van der Waals surface area contributed by atoms with Crippen LogP contribution in [0.15, 0.2) is 24.3 Å². The van der Waals surface area contributed by atoms with Gasteiger partial charge in [0.05, 0.1) is 0 Å². The lowest BCUT2D eigenvalue weighted by Crippen LogP contribution is -2.29. The largest absolute Gasteiger partial charge is 0.312 e. The second kappa shape index (κ2) is 7.03. The Bertz CT molecular complexity index is 333. The first-order valence-corrected chi connectivity index (χ1v) is 6.89. The SMILES string of the molecule is Cc1cccc(CNCC(C)(C)CCCCl)c1. The van der Waals surface area contributed by atoms with Gasteiger partial charge >= 0.3 is 0 Å². The zero-order valence-corrected chi connectivity index (χ0v) is 12.0. The number of rotatable bonds is 7. The molecule has 2 heteroatoms. The fourth-order valence-corrected chi connectivity index (χ4v) is 2.13. The molecule has 0 aliphatic rings. The number of hydrogen-bond acceptors (Lipinski definition) is 1. The summed E-state index contributed by atoms with van der Waals surface area (Å²) in [5.41, 5.74) is 3.02. The number of nitrogens with one attached hydrogen (secondary N) is 1. The van der Waals surface area contributed by atoms with Crippen LogP contribution in [0.25, 0.3) is 0 Å². The van der Waals surface area contributed by atoms with E-state index in [1.807, 2.05) is 0 Å². The second-order valence-electron chi connectivity index (χ2n) is 5.55. The van der Waals surface area contributed by atoms with E-state index in [1.54, 1.807) is 0 Å². The van der Waals surface area contributed by atoms with Crippen LogP contribution in [0.4, 0.5) is 0 Å². The number of aryl methyl sites for hydroxylation is 1. The van der Waals surface area contributed by atoms with Crippen molar-refractivity contribution in [2.75, 3.05) is 12.4 Å². The lowest BCUT2D eigenvalue weighted by molar-refractivity contribution is 0.311. The molecule has 0 radical (unpaired) electrons. The van der Waals surface area contributed by atoms with E-state index in [2.05, 4.69) is 50.4 Å². The molecule has 96 valence electrons. The Labute approximate surface area is 111 Å². The van der Waals surface area contributed by atoms with Crippen molar-refractivity contribution < 1.29 is 0 Å². The Morgan fingerprint density at radius 3 is 2.71 bits per heavy atom. The number of hydrogen-bond donors (Lipinski definition) is 1. The molecule has 0 amide bonds. The van der Waals surface area contributed by atoms with E-state index in [0.717, 1.165) is 25.4 Å². The highest BCUT2D eigenvalue weighted by molar-refractivity contribution is 6.17. The summed E-state index contributed by atoms with van der Waals surface area (Å²) in [4.78, 5) is 0. The van der Waals surface area contributed by atoms with Gasteiger partial charge in [-0.1, -0.05) is 43.7 Å². The maximum atomic E-state index is 5.73. The Morgan fingerprint density at radius 1 is 1.29 bits per heavy atom. The normalized spacial score (nSPS) is 11.8. The molecule has 1 rings (SSSR count). The van der Waals surface area contributed by atoms with Crippen molar-refractivity contribution in [1.29, 1.82) is 0 Å². The smallest absolute Gasteiger partial charge is 0.0223 e. The minimum atomic E-state index is 0.332. The molecule has 0 atom stereocenters. The van der Waals surface area contributed by atoms with Crippen molar-refractivity contribution in [2.24, 2.45) is 5.41 Å². The predicted molar refractivity (Wildman–Crippen MR) is 76.6 cm³/mol. The molecule has 1 N–H and O–H groups in total. The molecule has 1 aromatic carbocycles. The zero-order valence-electron chi connectivity index (χ0n) is 11.2. The van der Waals surface area contributed by atoms with Crippen LogP contribution in [0.1, 0.15) is 37.8 Å².